The van der Waals surface area contributed by atoms with E-state index in [1.165, 1.54) is 0 Å². The number of β-amino-alcohol motifs (C(OH)–C–C–N with tert-alkyl or cyclic N) is 1. The van der Waals surface area contributed by atoms with E-state index in [1.54, 1.807) is 6.20 Å². The van der Waals surface area contributed by atoms with E-state index in [1.807, 2.05) is 19.1 Å². The van der Waals surface area contributed by atoms with Crippen LogP contribution in [0.5, 0.6) is 0 Å². The second-order valence-electron chi connectivity index (χ2n) is 3.98. The molecule has 0 amide bonds. The van der Waals surface area contributed by atoms with E-state index in [-0.39, 0.29) is 0 Å². The molecule has 1 aromatic rings. The summed E-state index contributed by atoms with van der Waals surface area (Å²) in [5.74, 6) is 0.922. The van der Waals surface area contributed by atoms with Crippen molar-refractivity contribution in [2.45, 2.75) is 18.9 Å². The minimum Gasteiger partial charge on any atom is -0.388 e. The van der Waals surface area contributed by atoms with Crippen molar-refractivity contribution in [2.75, 3.05) is 18.0 Å². The van der Waals surface area contributed by atoms with Crippen LogP contribution in [0.2, 0.25) is 0 Å². The van der Waals surface area contributed by atoms with Crippen molar-refractivity contribution >= 4 is 21.7 Å². The van der Waals surface area contributed by atoms with Gasteiger partial charge in [-0.2, -0.15) is 0 Å². The highest BCUT2D eigenvalue weighted by atomic mass is 79.9. The molecule has 1 N–H and O–H groups in total. The normalized spacial score (nSPS) is 26.9. The molecule has 1 atom stereocenters. The molecule has 1 fully saturated rings. The lowest BCUT2D eigenvalue weighted by Crippen LogP contribution is -2.30. The van der Waals surface area contributed by atoms with Crippen LogP contribution in [-0.4, -0.2) is 28.8 Å². The molecule has 1 saturated heterocycles. The van der Waals surface area contributed by atoms with Gasteiger partial charge in [0.1, 0.15) is 5.82 Å². The Morgan fingerprint density at radius 3 is 3.00 bits per heavy atom. The molecule has 0 saturated carbocycles. The van der Waals surface area contributed by atoms with Crippen LogP contribution in [0.4, 0.5) is 5.82 Å². The molecule has 2 rings (SSSR count). The van der Waals surface area contributed by atoms with Crippen LogP contribution in [0.1, 0.15) is 13.3 Å². The minimum atomic E-state index is -0.572. The highest BCUT2D eigenvalue weighted by Crippen LogP contribution is 2.29. The van der Waals surface area contributed by atoms with Gasteiger partial charge in [-0.3, -0.25) is 0 Å². The molecular weight excluding hydrogens is 244 g/mol. The number of halogens is 1. The van der Waals surface area contributed by atoms with Gasteiger partial charge >= 0.3 is 0 Å². The Morgan fingerprint density at radius 2 is 2.43 bits per heavy atom. The van der Waals surface area contributed by atoms with Crippen molar-refractivity contribution in [2.24, 2.45) is 0 Å². The first-order valence-electron chi connectivity index (χ1n) is 4.66. The summed E-state index contributed by atoms with van der Waals surface area (Å²) >= 11 is 3.46. The zero-order chi connectivity index (χ0) is 10.2. The highest BCUT2D eigenvalue weighted by molar-refractivity contribution is 9.10. The summed E-state index contributed by atoms with van der Waals surface area (Å²) in [4.78, 5) is 6.40. The van der Waals surface area contributed by atoms with Crippen LogP contribution < -0.4 is 4.90 Å². The number of anilines is 1. The third-order valence-corrected chi connectivity index (χ3v) is 3.11. The Kier molecular flexibility index (Phi) is 2.49. The minimum absolute atomic E-state index is 0.572. The van der Waals surface area contributed by atoms with Crippen LogP contribution >= 0.6 is 15.9 Å². The van der Waals surface area contributed by atoms with E-state index < -0.39 is 5.60 Å². The zero-order valence-corrected chi connectivity index (χ0v) is 9.66. The Hall–Kier alpha value is -0.610. The van der Waals surface area contributed by atoms with Crippen LogP contribution in [0.3, 0.4) is 0 Å². The van der Waals surface area contributed by atoms with Gasteiger partial charge in [-0.15, -0.1) is 0 Å². The molecular formula is C10H13BrN2O. The number of aromatic nitrogens is 1. The summed E-state index contributed by atoms with van der Waals surface area (Å²) in [6.45, 7) is 3.38. The van der Waals surface area contributed by atoms with Crippen LogP contribution in [0.15, 0.2) is 22.8 Å². The predicted molar refractivity (Wildman–Crippen MR) is 59.4 cm³/mol. The molecule has 3 nitrogen and oxygen atoms in total. The Labute approximate surface area is 91.9 Å². The standard InChI is InChI=1S/C10H13BrN2O/c1-10(14)4-6-13(7-10)9-8(11)3-2-5-12-9/h2-3,5,14H,4,6-7H2,1H3. The molecule has 0 aromatic carbocycles. The van der Waals surface area contributed by atoms with Gasteiger partial charge in [-0.1, -0.05) is 0 Å². The monoisotopic (exact) mass is 256 g/mol. The van der Waals surface area contributed by atoms with Gasteiger partial charge in [0.25, 0.3) is 0 Å². The van der Waals surface area contributed by atoms with E-state index >= 15 is 0 Å². The summed E-state index contributed by atoms with van der Waals surface area (Å²) in [5, 5.41) is 9.83. The second kappa shape index (κ2) is 3.51. The van der Waals surface area contributed by atoms with Crippen molar-refractivity contribution in [3.63, 3.8) is 0 Å². The summed E-state index contributed by atoms with van der Waals surface area (Å²) in [6, 6.07) is 3.86. The first-order chi connectivity index (χ1) is 6.58. The third-order valence-electron chi connectivity index (χ3n) is 2.49. The van der Waals surface area contributed by atoms with E-state index in [0.29, 0.717) is 6.54 Å². The number of pyridine rings is 1. The smallest absolute Gasteiger partial charge is 0.142 e. The molecule has 0 radical (unpaired) electrons. The fraction of sp³-hybridized carbons (Fsp3) is 0.500. The first kappa shape index (κ1) is 9.93. The topological polar surface area (TPSA) is 36.4 Å². The first-order valence-corrected chi connectivity index (χ1v) is 5.46. The van der Waals surface area contributed by atoms with Gasteiger partial charge < -0.3 is 10.0 Å². The van der Waals surface area contributed by atoms with Crippen molar-refractivity contribution in [1.82, 2.24) is 4.98 Å². The van der Waals surface area contributed by atoms with Crippen molar-refractivity contribution < 1.29 is 5.11 Å². The Morgan fingerprint density at radius 1 is 1.64 bits per heavy atom. The molecule has 0 spiro atoms. The molecule has 4 heteroatoms. The van der Waals surface area contributed by atoms with E-state index in [2.05, 4.69) is 25.8 Å². The molecule has 0 bridgehead atoms. The summed E-state index contributed by atoms with van der Waals surface area (Å²) < 4.78 is 0.984. The fourth-order valence-electron chi connectivity index (χ4n) is 1.74. The number of rotatable bonds is 1. The van der Waals surface area contributed by atoms with Gasteiger partial charge in [0.15, 0.2) is 0 Å². The summed E-state index contributed by atoms with van der Waals surface area (Å²) in [5.41, 5.74) is -0.572. The van der Waals surface area contributed by atoms with Gasteiger partial charge in [-0.05, 0) is 41.4 Å². The van der Waals surface area contributed by atoms with Crippen molar-refractivity contribution in [1.29, 1.82) is 0 Å². The summed E-state index contributed by atoms with van der Waals surface area (Å²) in [7, 11) is 0. The molecule has 0 aliphatic carbocycles. The van der Waals surface area contributed by atoms with E-state index in [4.69, 9.17) is 0 Å². The predicted octanol–water partition coefficient (Wildman–Crippen LogP) is 1.81. The quantitative estimate of drug-likeness (QED) is 0.833. The summed E-state index contributed by atoms with van der Waals surface area (Å²) in [6.07, 6.45) is 2.57. The molecule has 2 heterocycles. The lowest BCUT2D eigenvalue weighted by molar-refractivity contribution is 0.0839. The van der Waals surface area contributed by atoms with Crippen LogP contribution in [0.25, 0.3) is 0 Å². The maximum Gasteiger partial charge on any atom is 0.142 e. The van der Waals surface area contributed by atoms with Crippen LogP contribution in [0, 0.1) is 0 Å². The Bertz CT molecular complexity index is 341. The molecule has 1 unspecified atom stereocenters. The van der Waals surface area contributed by atoms with Gasteiger partial charge in [0.05, 0.1) is 10.1 Å². The number of hydrogen-bond donors (Lipinski definition) is 1. The molecule has 76 valence electrons. The molecule has 1 aliphatic heterocycles. The number of hydrogen-bond acceptors (Lipinski definition) is 3. The lowest BCUT2D eigenvalue weighted by Gasteiger charge is -2.20. The van der Waals surface area contributed by atoms with Gasteiger partial charge in [-0.25, -0.2) is 4.98 Å². The number of nitrogens with zero attached hydrogens (tertiary/aromatic N) is 2. The van der Waals surface area contributed by atoms with Crippen molar-refractivity contribution in [3.05, 3.63) is 22.8 Å². The maximum absolute atomic E-state index is 9.83. The Balaban J connectivity index is 2.22. The number of aliphatic hydroxyl groups is 1. The van der Waals surface area contributed by atoms with Gasteiger partial charge in [0, 0.05) is 19.3 Å². The zero-order valence-electron chi connectivity index (χ0n) is 8.07. The lowest BCUT2D eigenvalue weighted by atomic mass is 10.1. The average molecular weight is 257 g/mol. The second-order valence-corrected chi connectivity index (χ2v) is 4.83. The SMILES string of the molecule is CC1(O)CCN(c2ncccc2Br)C1. The van der Waals surface area contributed by atoms with E-state index in [0.717, 1.165) is 23.3 Å². The fourth-order valence-corrected chi connectivity index (χ4v) is 2.24. The largest absolute Gasteiger partial charge is 0.388 e. The third kappa shape index (κ3) is 1.91. The molecule has 1 aliphatic rings. The molecule has 14 heavy (non-hydrogen) atoms. The maximum atomic E-state index is 9.83. The van der Waals surface area contributed by atoms with Gasteiger partial charge in [0.2, 0.25) is 0 Å². The van der Waals surface area contributed by atoms with Crippen molar-refractivity contribution in [3.8, 4) is 0 Å². The highest BCUT2D eigenvalue weighted by Gasteiger charge is 2.32. The van der Waals surface area contributed by atoms with E-state index in [9.17, 15) is 5.11 Å². The van der Waals surface area contributed by atoms with Crippen LogP contribution in [-0.2, 0) is 0 Å². The average Bonchev–Trinajstić information content (AvgIpc) is 2.47. The molecule has 1 aromatic heterocycles.